The van der Waals surface area contributed by atoms with Gasteiger partial charge in [-0.25, -0.2) is 0 Å². The van der Waals surface area contributed by atoms with Gasteiger partial charge in [0, 0.05) is 19.6 Å². The maximum Gasteiger partial charge on any atom is 0.160 e. The van der Waals surface area contributed by atoms with E-state index in [4.69, 9.17) is 9.47 Å². The second-order valence-electron chi connectivity index (χ2n) is 6.48. The molecule has 1 heterocycles. The largest absolute Gasteiger partial charge is 0.396 e. The van der Waals surface area contributed by atoms with Gasteiger partial charge in [-0.2, -0.15) is 0 Å². The fraction of sp³-hybridized carbons (Fsp3) is 1.00. The van der Waals surface area contributed by atoms with Crippen LogP contribution in [0.4, 0.5) is 0 Å². The second kappa shape index (κ2) is 7.24. The van der Waals surface area contributed by atoms with E-state index in [1.165, 1.54) is 32.1 Å². The first-order chi connectivity index (χ1) is 9.76. The fourth-order valence-electron chi connectivity index (χ4n) is 5.08. The Morgan fingerprint density at radius 3 is 2.50 bits per heavy atom. The predicted octanol–water partition coefficient (Wildman–Crippen LogP) is 3.45. The van der Waals surface area contributed by atoms with Crippen molar-refractivity contribution in [2.75, 3.05) is 13.7 Å². The van der Waals surface area contributed by atoms with Crippen LogP contribution in [0, 0.1) is 29.6 Å². The molecule has 1 N–H and O–H groups in total. The van der Waals surface area contributed by atoms with Gasteiger partial charge in [0.15, 0.2) is 6.29 Å². The summed E-state index contributed by atoms with van der Waals surface area (Å²) in [6, 6.07) is 0. The molecular formula is C17H32O3. The van der Waals surface area contributed by atoms with Gasteiger partial charge in [-0.05, 0) is 43.4 Å². The first-order valence-corrected chi connectivity index (χ1v) is 8.55. The summed E-state index contributed by atoms with van der Waals surface area (Å²) in [5, 5.41) is 9.86. The molecule has 0 aromatic carbocycles. The van der Waals surface area contributed by atoms with Crippen LogP contribution in [0.1, 0.15) is 52.9 Å². The van der Waals surface area contributed by atoms with Crippen molar-refractivity contribution in [3.63, 3.8) is 0 Å². The summed E-state index contributed by atoms with van der Waals surface area (Å²) in [5.74, 6) is 2.96. The van der Waals surface area contributed by atoms with Gasteiger partial charge in [0.25, 0.3) is 0 Å². The van der Waals surface area contributed by atoms with Crippen molar-refractivity contribution in [1.29, 1.82) is 0 Å². The molecule has 1 saturated heterocycles. The highest BCUT2D eigenvalue weighted by Crippen LogP contribution is 2.54. The normalized spacial score (nSPS) is 47.0. The van der Waals surface area contributed by atoms with E-state index in [9.17, 15) is 5.11 Å². The zero-order valence-corrected chi connectivity index (χ0v) is 13.5. The third kappa shape index (κ3) is 2.77. The van der Waals surface area contributed by atoms with Crippen molar-refractivity contribution >= 4 is 0 Å². The number of fused-ring (bicyclic) bond motifs is 2. The maximum absolute atomic E-state index is 9.86. The molecule has 0 aromatic rings. The quantitative estimate of drug-likeness (QED) is 0.844. The van der Waals surface area contributed by atoms with E-state index in [2.05, 4.69) is 6.92 Å². The SMILES string of the molecule is CC.COC1OC(C)C2C1CC1CCCCC1C2CO. The lowest BCUT2D eigenvalue weighted by Crippen LogP contribution is -2.45. The zero-order valence-electron chi connectivity index (χ0n) is 13.5. The lowest BCUT2D eigenvalue weighted by molar-refractivity contribution is -0.132. The van der Waals surface area contributed by atoms with Crippen LogP contribution < -0.4 is 0 Å². The van der Waals surface area contributed by atoms with E-state index in [0.29, 0.717) is 24.4 Å². The molecule has 3 nitrogen and oxygen atoms in total. The molecule has 20 heavy (non-hydrogen) atoms. The van der Waals surface area contributed by atoms with Gasteiger partial charge in [0.1, 0.15) is 0 Å². The molecule has 1 aliphatic heterocycles. The summed E-state index contributed by atoms with van der Waals surface area (Å²) in [6.45, 7) is 6.48. The number of hydrogen-bond acceptors (Lipinski definition) is 3. The summed E-state index contributed by atoms with van der Waals surface area (Å²) in [4.78, 5) is 0. The van der Waals surface area contributed by atoms with Gasteiger partial charge in [-0.3, -0.25) is 0 Å². The van der Waals surface area contributed by atoms with Crippen LogP contribution in [0.15, 0.2) is 0 Å². The van der Waals surface area contributed by atoms with E-state index in [-0.39, 0.29) is 12.4 Å². The van der Waals surface area contributed by atoms with E-state index >= 15 is 0 Å². The summed E-state index contributed by atoms with van der Waals surface area (Å²) < 4.78 is 11.5. The van der Waals surface area contributed by atoms with Crippen LogP contribution in [0.3, 0.4) is 0 Å². The molecule has 3 heteroatoms. The summed E-state index contributed by atoms with van der Waals surface area (Å²) in [6.07, 6.45) is 6.80. The third-order valence-corrected chi connectivity index (χ3v) is 5.77. The molecule has 2 aliphatic carbocycles. The minimum atomic E-state index is -0.0399. The molecule has 3 aliphatic rings. The fourth-order valence-corrected chi connectivity index (χ4v) is 5.08. The lowest BCUT2D eigenvalue weighted by atomic mass is 9.57. The van der Waals surface area contributed by atoms with Gasteiger partial charge in [0.05, 0.1) is 6.10 Å². The summed E-state index contributed by atoms with van der Waals surface area (Å²) >= 11 is 0. The molecule has 0 aromatic heterocycles. The van der Waals surface area contributed by atoms with Gasteiger partial charge < -0.3 is 14.6 Å². The molecular weight excluding hydrogens is 252 g/mol. The van der Waals surface area contributed by atoms with E-state index in [0.717, 1.165) is 11.8 Å². The highest BCUT2D eigenvalue weighted by molar-refractivity contribution is 4.99. The molecule has 2 saturated carbocycles. The maximum atomic E-state index is 9.86. The van der Waals surface area contributed by atoms with Crippen LogP contribution in [0.25, 0.3) is 0 Å². The Kier molecular flexibility index (Phi) is 5.88. The van der Waals surface area contributed by atoms with E-state index in [1.807, 2.05) is 13.8 Å². The zero-order chi connectivity index (χ0) is 14.7. The third-order valence-electron chi connectivity index (χ3n) is 5.77. The van der Waals surface area contributed by atoms with Crippen LogP contribution >= 0.6 is 0 Å². The number of hydrogen-bond donors (Lipinski definition) is 1. The van der Waals surface area contributed by atoms with Gasteiger partial charge in [0.2, 0.25) is 0 Å². The molecule has 3 fully saturated rings. The predicted molar refractivity (Wildman–Crippen MR) is 80.3 cm³/mol. The molecule has 0 amide bonds. The van der Waals surface area contributed by atoms with Crippen molar-refractivity contribution in [3.05, 3.63) is 0 Å². The van der Waals surface area contributed by atoms with Gasteiger partial charge in [-0.1, -0.05) is 33.1 Å². The molecule has 0 radical (unpaired) electrons. The van der Waals surface area contributed by atoms with Gasteiger partial charge >= 0.3 is 0 Å². The standard InChI is InChI=1S/C15H26O3.C2H6/c1-9-14-12(15(17-2)18-9)7-10-5-3-4-6-11(10)13(14)8-16;1-2/h9-16H,3-8H2,1-2H3;1-2H3. The highest BCUT2D eigenvalue weighted by Gasteiger charge is 2.53. The Morgan fingerprint density at radius 1 is 1.15 bits per heavy atom. The molecule has 0 bridgehead atoms. The Balaban J connectivity index is 0.000000704. The molecule has 7 unspecified atom stereocenters. The average Bonchev–Trinajstić information content (AvgIpc) is 2.83. The Hall–Kier alpha value is -0.120. The van der Waals surface area contributed by atoms with Crippen molar-refractivity contribution in [1.82, 2.24) is 0 Å². The van der Waals surface area contributed by atoms with Crippen LogP contribution in [-0.4, -0.2) is 31.2 Å². The number of ether oxygens (including phenoxy) is 2. The number of aliphatic hydroxyl groups is 1. The highest BCUT2D eigenvalue weighted by atomic mass is 16.7. The van der Waals surface area contributed by atoms with E-state index < -0.39 is 0 Å². The van der Waals surface area contributed by atoms with Crippen LogP contribution in [0.2, 0.25) is 0 Å². The van der Waals surface area contributed by atoms with Crippen LogP contribution in [-0.2, 0) is 9.47 Å². The van der Waals surface area contributed by atoms with Crippen molar-refractivity contribution in [2.45, 2.75) is 65.3 Å². The van der Waals surface area contributed by atoms with Crippen molar-refractivity contribution in [2.24, 2.45) is 29.6 Å². The van der Waals surface area contributed by atoms with Crippen LogP contribution in [0.5, 0.6) is 0 Å². The number of rotatable bonds is 2. The first kappa shape index (κ1) is 16.3. The minimum absolute atomic E-state index is 0.0399. The first-order valence-electron chi connectivity index (χ1n) is 8.55. The topological polar surface area (TPSA) is 38.7 Å². The van der Waals surface area contributed by atoms with Crippen molar-refractivity contribution < 1.29 is 14.6 Å². The molecule has 3 rings (SSSR count). The average molecular weight is 284 g/mol. The Bertz CT molecular complexity index is 294. The molecule has 118 valence electrons. The Morgan fingerprint density at radius 2 is 1.85 bits per heavy atom. The minimum Gasteiger partial charge on any atom is -0.396 e. The second-order valence-corrected chi connectivity index (χ2v) is 6.48. The molecule has 7 atom stereocenters. The Labute approximate surface area is 124 Å². The number of methoxy groups -OCH3 is 1. The monoisotopic (exact) mass is 284 g/mol. The van der Waals surface area contributed by atoms with E-state index in [1.54, 1.807) is 7.11 Å². The van der Waals surface area contributed by atoms with Crippen molar-refractivity contribution in [3.8, 4) is 0 Å². The smallest absolute Gasteiger partial charge is 0.160 e. The molecule has 0 spiro atoms. The summed E-state index contributed by atoms with van der Waals surface area (Å²) in [7, 11) is 1.75. The summed E-state index contributed by atoms with van der Waals surface area (Å²) in [5.41, 5.74) is 0. The number of aliphatic hydroxyl groups excluding tert-OH is 1. The van der Waals surface area contributed by atoms with Gasteiger partial charge in [-0.15, -0.1) is 0 Å². The lowest BCUT2D eigenvalue weighted by Gasteiger charge is -2.47.